The van der Waals surface area contributed by atoms with E-state index in [1.165, 1.54) is 11.1 Å². The summed E-state index contributed by atoms with van der Waals surface area (Å²) in [5.74, 6) is 1.65. The van der Waals surface area contributed by atoms with Crippen molar-refractivity contribution in [2.24, 2.45) is 4.99 Å². The van der Waals surface area contributed by atoms with Gasteiger partial charge in [-0.15, -0.1) is 24.0 Å². The number of guanidine groups is 1. The Bertz CT molecular complexity index is 902. The van der Waals surface area contributed by atoms with Crippen LogP contribution < -0.4 is 15.4 Å². The van der Waals surface area contributed by atoms with Crippen LogP contribution in [0, 0.1) is 0 Å². The lowest BCUT2D eigenvalue weighted by Gasteiger charge is -2.18. The van der Waals surface area contributed by atoms with Gasteiger partial charge in [0.25, 0.3) is 0 Å². The minimum atomic E-state index is 0. The number of hydrogen-bond donors (Lipinski definition) is 2. The zero-order valence-electron chi connectivity index (χ0n) is 18.1. The molecule has 0 aliphatic rings. The second kappa shape index (κ2) is 13.6. The fourth-order valence-corrected chi connectivity index (χ4v) is 3.06. The first-order valence-corrected chi connectivity index (χ1v) is 10.4. The highest BCUT2D eigenvalue weighted by molar-refractivity contribution is 14.0. The fraction of sp³-hybridized carbons (Fsp3) is 0.280. The molecule has 0 fully saturated rings. The number of aliphatic imine (C=N–C) groups is 1. The van der Waals surface area contributed by atoms with Crippen molar-refractivity contribution in [3.63, 3.8) is 0 Å². The van der Waals surface area contributed by atoms with Gasteiger partial charge in [0.15, 0.2) is 5.96 Å². The summed E-state index contributed by atoms with van der Waals surface area (Å²) in [6.07, 6.45) is 3.87. The molecule has 0 radical (unpaired) electrons. The number of aryl methyl sites for hydroxylation is 1. The molecule has 0 spiro atoms. The molecule has 0 aliphatic heterocycles. The monoisotopic (exact) mass is 530 g/mol. The molecule has 6 heteroatoms. The van der Waals surface area contributed by atoms with E-state index in [9.17, 15) is 0 Å². The van der Waals surface area contributed by atoms with Crippen molar-refractivity contribution < 1.29 is 4.74 Å². The molecule has 0 bridgehead atoms. The lowest BCUT2D eigenvalue weighted by molar-refractivity contribution is 0.301. The van der Waals surface area contributed by atoms with Gasteiger partial charge in [0.2, 0.25) is 0 Å². The van der Waals surface area contributed by atoms with Crippen molar-refractivity contribution in [1.82, 2.24) is 15.6 Å². The molecule has 3 rings (SSSR count). The van der Waals surface area contributed by atoms with E-state index in [1.54, 1.807) is 13.2 Å². The topological polar surface area (TPSA) is 58.5 Å². The van der Waals surface area contributed by atoms with Crippen LogP contribution in [-0.4, -0.2) is 24.0 Å². The number of hydrogen-bond acceptors (Lipinski definition) is 3. The van der Waals surface area contributed by atoms with Crippen LogP contribution in [-0.2, 0) is 19.6 Å². The number of pyridine rings is 1. The highest BCUT2D eigenvalue weighted by Crippen LogP contribution is 2.13. The van der Waals surface area contributed by atoms with Crippen LogP contribution in [0.2, 0.25) is 0 Å². The first kappa shape index (κ1) is 24.7. The Hall–Kier alpha value is -2.61. The molecular weight excluding hydrogens is 499 g/mol. The van der Waals surface area contributed by atoms with Gasteiger partial charge in [-0.25, -0.2) is 0 Å². The third kappa shape index (κ3) is 8.96. The molecule has 0 saturated carbocycles. The Morgan fingerprint density at radius 1 is 0.968 bits per heavy atom. The number of halogens is 1. The molecule has 1 aromatic heterocycles. The third-order valence-corrected chi connectivity index (χ3v) is 4.81. The van der Waals surface area contributed by atoms with E-state index in [-0.39, 0.29) is 24.0 Å². The Kier molecular flexibility index (Phi) is 10.9. The number of ether oxygens (including phenoxy) is 1. The fourth-order valence-electron chi connectivity index (χ4n) is 3.06. The quantitative estimate of drug-likeness (QED) is 0.233. The van der Waals surface area contributed by atoms with E-state index < -0.39 is 0 Å². The van der Waals surface area contributed by atoms with E-state index in [0.29, 0.717) is 19.2 Å². The Morgan fingerprint density at radius 3 is 2.39 bits per heavy atom. The van der Waals surface area contributed by atoms with Crippen LogP contribution in [0.5, 0.6) is 5.75 Å². The van der Waals surface area contributed by atoms with Gasteiger partial charge >= 0.3 is 0 Å². The molecule has 5 nitrogen and oxygen atoms in total. The van der Waals surface area contributed by atoms with Crippen molar-refractivity contribution in [3.05, 3.63) is 95.8 Å². The van der Waals surface area contributed by atoms with Gasteiger partial charge in [-0.1, -0.05) is 48.5 Å². The predicted molar refractivity (Wildman–Crippen MR) is 138 cm³/mol. The maximum atomic E-state index is 5.79. The van der Waals surface area contributed by atoms with Gasteiger partial charge < -0.3 is 15.4 Å². The number of nitrogens with zero attached hydrogens (tertiary/aromatic N) is 2. The SMILES string of the molecule is CN=C(NCc1ccc(OCc2ccccn2)cc1)NC(C)CCc1ccccc1.I. The second-order valence-corrected chi connectivity index (χ2v) is 7.25. The molecule has 3 aromatic rings. The van der Waals surface area contributed by atoms with Crippen molar-refractivity contribution in [3.8, 4) is 5.75 Å². The van der Waals surface area contributed by atoms with Crippen LogP contribution in [0.4, 0.5) is 0 Å². The van der Waals surface area contributed by atoms with Gasteiger partial charge in [-0.05, 0) is 55.2 Å². The van der Waals surface area contributed by atoms with Crippen molar-refractivity contribution >= 4 is 29.9 Å². The molecule has 1 atom stereocenters. The van der Waals surface area contributed by atoms with E-state index >= 15 is 0 Å². The maximum Gasteiger partial charge on any atom is 0.191 e. The second-order valence-electron chi connectivity index (χ2n) is 7.25. The average molecular weight is 530 g/mol. The molecule has 0 amide bonds. The van der Waals surface area contributed by atoms with Gasteiger partial charge in [0, 0.05) is 25.8 Å². The highest BCUT2D eigenvalue weighted by Gasteiger charge is 2.06. The highest BCUT2D eigenvalue weighted by atomic mass is 127. The molecule has 164 valence electrons. The van der Waals surface area contributed by atoms with E-state index in [1.807, 2.05) is 30.3 Å². The minimum absolute atomic E-state index is 0. The lowest BCUT2D eigenvalue weighted by atomic mass is 10.1. The zero-order valence-corrected chi connectivity index (χ0v) is 20.5. The normalized spacial score (nSPS) is 11.9. The Balaban J connectivity index is 0.00000341. The summed E-state index contributed by atoms with van der Waals surface area (Å²) in [6.45, 7) is 3.35. The summed E-state index contributed by atoms with van der Waals surface area (Å²) in [6, 6.07) is 24.8. The van der Waals surface area contributed by atoms with Crippen molar-refractivity contribution in [2.75, 3.05) is 7.05 Å². The maximum absolute atomic E-state index is 5.79. The standard InChI is InChI=1S/C25H30N4O.HI/c1-20(11-12-21-8-4-3-5-9-21)29-25(26-2)28-18-22-13-15-24(16-14-22)30-19-23-10-6-7-17-27-23;/h3-10,13-17,20H,11-12,18-19H2,1-2H3,(H2,26,28,29);1H. The minimum Gasteiger partial charge on any atom is -0.487 e. The smallest absolute Gasteiger partial charge is 0.191 e. The van der Waals surface area contributed by atoms with E-state index in [4.69, 9.17) is 4.74 Å². The summed E-state index contributed by atoms with van der Waals surface area (Å²) in [4.78, 5) is 8.61. The number of aromatic nitrogens is 1. The van der Waals surface area contributed by atoms with Gasteiger partial charge in [0.1, 0.15) is 12.4 Å². The lowest BCUT2D eigenvalue weighted by Crippen LogP contribution is -2.42. The molecule has 1 unspecified atom stereocenters. The van der Waals surface area contributed by atoms with Crippen LogP contribution in [0.3, 0.4) is 0 Å². The molecule has 2 aromatic carbocycles. The molecule has 2 N–H and O–H groups in total. The van der Waals surface area contributed by atoms with Crippen molar-refractivity contribution in [2.45, 2.75) is 39.0 Å². The van der Waals surface area contributed by atoms with Crippen molar-refractivity contribution in [1.29, 1.82) is 0 Å². The number of rotatable bonds is 9. The average Bonchev–Trinajstić information content (AvgIpc) is 2.81. The number of nitrogens with one attached hydrogen (secondary N) is 2. The Morgan fingerprint density at radius 2 is 1.71 bits per heavy atom. The zero-order chi connectivity index (χ0) is 21.0. The summed E-state index contributed by atoms with van der Waals surface area (Å²) in [5.41, 5.74) is 3.44. The van der Waals surface area contributed by atoms with Crippen LogP contribution >= 0.6 is 24.0 Å². The summed E-state index contributed by atoms with van der Waals surface area (Å²) in [5, 5.41) is 6.84. The first-order valence-electron chi connectivity index (χ1n) is 10.4. The van der Waals surface area contributed by atoms with E-state index in [0.717, 1.165) is 30.2 Å². The van der Waals surface area contributed by atoms with Gasteiger partial charge in [-0.2, -0.15) is 0 Å². The summed E-state index contributed by atoms with van der Waals surface area (Å²) in [7, 11) is 1.80. The largest absolute Gasteiger partial charge is 0.487 e. The third-order valence-electron chi connectivity index (χ3n) is 4.81. The van der Waals surface area contributed by atoms with Crippen LogP contribution in [0.25, 0.3) is 0 Å². The predicted octanol–water partition coefficient (Wildman–Crippen LogP) is 4.96. The van der Waals surface area contributed by atoms with E-state index in [2.05, 4.69) is 70.0 Å². The number of benzene rings is 2. The summed E-state index contributed by atoms with van der Waals surface area (Å²) < 4.78 is 5.79. The van der Waals surface area contributed by atoms with Crippen LogP contribution in [0.15, 0.2) is 84.0 Å². The Labute approximate surface area is 202 Å². The molecular formula is C25H31IN4O. The van der Waals surface area contributed by atoms with Gasteiger partial charge in [-0.3, -0.25) is 9.98 Å². The van der Waals surface area contributed by atoms with Gasteiger partial charge in [0.05, 0.1) is 5.69 Å². The molecule has 31 heavy (non-hydrogen) atoms. The first-order chi connectivity index (χ1) is 14.7. The molecule has 0 aliphatic carbocycles. The van der Waals surface area contributed by atoms with Crippen LogP contribution in [0.1, 0.15) is 30.2 Å². The molecule has 0 saturated heterocycles. The summed E-state index contributed by atoms with van der Waals surface area (Å²) >= 11 is 0. The molecule has 1 heterocycles.